The fourth-order valence-corrected chi connectivity index (χ4v) is 1.82. The van der Waals surface area contributed by atoms with Crippen molar-refractivity contribution in [3.63, 3.8) is 0 Å². The van der Waals surface area contributed by atoms with Gasteiger partial charge in [-0.15, -0.1) is 0 Å². The first-order chi connectivity index (χ1) is 7.67. The molecule has 90 valence electrons. The first-order valence-electron chi connectivity index (χ1n) is 5.76. The number of hydrogen-bond acceptors (Lipinski definition) is 3. The molecule has 1 unspecified atom stereocenters. The summed E-state index contributed by atoms with van der Waals surface area (Å²) in [4.78, 5) is 6.59. The summed E-state index contributed by atoms with van der Waals surface area (Å²) in [5.74, 6) is 0.767. The van der Waals surface area contributed by atoms with Crippen LogP contribution in [0.5, 0.6) is 0 Å². The van der Waals surface area contributed by atoms with E-state index in [2.05, 4.69) is 36.0 Å². The molecule has 1 heterocycles. The molecule has 1 aromatic rings. The summed E-state index contributed by atoms with van der Waals surface area (Å²) in [6.45, 7) is 9.62. The van der Waals surface area contributed by atoms with Gasteiger partial charge in [-0.25, -0.2) is 4.98 Å². The quantitative estimate of drug-likeness (QED) is 0.830. The van der Waals surface area contributed by atoms with E-state index in [4.69, 9.17) is 11.6 Å². The Morgan fingerprint density at radius 3 is 2.69 bits per heavy atom. The second kappa shape index (κ2) is 6.71. The van der Waals surface area contributed by atoms with Gasteiger partial charge in [-0.3, -0.25) is 0 Å². The summed E-state index contributed by atoms with van der Waals surface area (Å²) in [6.07, 6.45) is 1.75. The number of rotatable bonds is 6. The van der Waals surface area contributed by atoms with Crippen LogP contribution in [0.3, 0.4) is 0 Å². The van der Waals surface area contributed by atoms with Crippen molar-refractivity contribution in [1.29, 1.82) is 0 Å². The summed E-state index contributed by atoms with van der Waals surface area (Å²) in [6, 6.07) is 4.02. The van der Waals surface area contributed by atoms with E-state index in [1.54, 1.807) is 6.20 Å². The molecule has 1 aromatic heterocycles. The van der Waals surface area contributed by atoms with Gasteiger partial charge in [0, 0.05) is 18.8 Å². The fraction of sp³-hybridized carbons (Fsp3) is 0.583. The van der Waals surface area contributed by atoms with Crippen LogP contribution < -0.4 is 5.32 Å². The molecule has 0 aromatic carbocycles. The van der Waals surface area contributed by atoms with Gasteiger partial charge in [0.05, 0.1) is 5.02 Å². The number of likely N-dealkylation sites (N-methyl/N-ethyl adjacent to an activating group) is 1. The molecule has 1 N–H and O–H groups in total. The highest BCUT2D eigenvalue weighted by Crippen LogP contribution is 2.18. The Morgan fingerprint density at radius 2 is 2.12 bits per heavy atom. The van der Waals surface area contributed by atoms with Crippen molar-refractivity contribution in [1.82, 2.24) is 9.88 Å². The summed E-state index contributed by atoms with van der Waals surface area (Å²) >= 11 is 6.03. The molecule has 3 nitrogen and oxygen atoms in total. The van der Waals surface area contributed by atoms with Crippen molar-refractivity contribution in [2.45, 2.75) is 26.8 Å². The predicted octanol–water partition coefficient (Wildman–Crippen LogP) is 2.88. The van der Waals surface area contributed by atoms with Gasteiger partial charge in [-0.1, -0.05) is 25.4 Å². The molecule has 0 aliphatic heterocycles. The molecule has 0 fully saturated rings. The molecule has 16 heavy (non-hydrogen) atoms. The third kappa shape index (κ3) is 3.99. The van der Waals surface area contributed by atoms with Crippen LogP contribution in [0.2, 0.25) is 5.02 Å². The standard InChI is InChI=1S/C12H20ClN3/c1-4-16(5-2)9-10(3)15-12-11(13)7-6-8-14-12/h6-8,10H,4-5,9H2,1-3H3,(H,14,15). The van der Waals surface area contributed by atoms with Gasteiger partial charge in [0.2, 0.25) is 0 Å². The van der Waals surface area contributed by atoms with Crippen molar-refractivity contribution in [3.8, 4) is 0 Å². The highest BCUT2D eigenvalue weighted by atomic mass is 35.5. The van der Waals surface area contributed by atoms with Crippen molar-refractivity contribution in [3.05, 3.63) is 23.4 Å². The van der Waals surface area contributed by atoms with Gasteiger partial charge in [0.1, 0.15) is 5.82 Å². The number of aromatic nitrogens is 1. The summed E-state index contributed by atoms with van der Waals surface area (Å²) in [5, 5.41) is 4.00. The van der Waals surface area contributed by atoms with Gasteiger partial charge in [-0.2, -0.15) is 0 Å². The minimum absolute atomic E-state index is 0.340. The Hall–Kier alpha value is -0.800. The van der Waals surface area contributed by atoms with Gasteiger partial charge in [0.15, 0.2) is 0 Å². The van der Waals surface area contributed by atoms with E-state index in [0.29, 0.717) is 11.1 Å². The summed E-state index contributed by atoms with van der Waals surface area (Å²) < 4.78 is 0. The minimum Gasteiger partial charge on any atom is -0.365 e. The van der Waals surface area contributed by atoms with Crippen LogP contribution in [0.25, 0.3) is 0 Å². The topological polar surface area (TPSA) is 28.2 Å². The van der Waals surface area contributed by atoms with Crippen LogP contribution in [0.4, 0.5) is 5.82 Å². The Labute approximate surface area is 103 Å². The van der Waals surface area contributed by atoms with E-state index < -0.39 is 0 Å². The zero-order valence-electron chi connectivity index (χ0n) is 10.2. The first-order valence-corrected chi connectivity index (χ1v) is 6.14. The molecule has 0 saturated carbocycles. The average Bonchev–Trinajstić information content (AvgIpc) is 2.29. The van der Waals surface area contributed by atoms with Crippen molar-refractivity contribution in [2.75, 3.05) is 25.0 Å². The maximum Gasteiger partial charge on any atom is 0.144 e. The lowest BCUT2D eigenvalue weighted by molar-refractivity contribution is 0.294. The summed E-state index contributed by atoms with van der Waals surface area (Å²) in [7, 11) is 0. The SMILES string of the molecule is CCN(CC)CC(C)Nc1ncccc1Cl. The van der Waals surface area contributed by atoms with Gasteiger partial charge < -0.3 is 10.2 Å². The highest BCUT2D eigenvalue weighted by molar-refractivity contribution is 6.32. The lowest BCUT2D eigenvalue weighted by Gasteiger charge is -2.23. The fourth-order valence-electron chi connectivity index (χ4n) is 1.64. The van der Waals surface area contributed by atoms with E-state index in [-0.39, 0.29) is 0 Å². The molecule has 0 aliphatic rings. The predicted molar refractivity (Wildman–Crippen MR) is 70.1 cm³/mol. The monoisotopic (exact) mass is 241 g/mol. The van der Waals surface area contributed by atoms with Crippen molar-refractivity contribution < 1.29 is 0 Å². The van der Waals surface area contributed by atoms with Crippen LogP contribution in [0, 0.1) is 0 Å². The van der Waals surface area contributed by atoms with Crippen LogP contribution >= 0.6 is 11.6 Å². The summed E-state index contributed by atoms with van der Waals surface area (Å²) in [5.41, 5.74) is 0. The molecular weight excluding hydrogens is 222 g/mol. The van der Waals surface area contributed by atoms with E-state index in [1.165, 1.54) is 0 Å². The lowest BCUT2D eigenvalue weighted by atomic mass is 10.3. The molecule has 1 rings (SSSR count). The lowest BCUT2D eigenvalue weighted by Crippen LogP contribution is -2.35. The number of halogens is 1. The largest absolute Gasteiger partial charge is 0.365 e. The van der Waals surface area contributed by atoms with Crippen LogP contribution in [-0.2, 0) is 0 Å². The van der Waals surface area contributed by atoms with Crippen LogP contribution in [0.15, 0.2) is 18.3 Å². The number of anilines is 1. The molecule has 0 aliphatic carbocycles. The normalized spacial score (nSPS) is 12.8. The molecule has 0 amide bonds. The van der Waals surface area contributed by atoms with Gasteiger partial charge in [0.25, 0.3) is 0 Å². The average molecular weight is 242 g/mol. The Bertz CT molecular complexity index is 313. The third-order valence-corrected chi connectivity index (χ3v) is 2.87. The minimum atomic E-state index is 0.340. The van der Waals surface area contributed by atoms with Gasteiger partial charge >= 0.3 is 0 Å². The van der Waals surface area contributed by atoms with E-state index in [1.807, 2.05) is 12.1 Å². The molecule has 0 spiro atoms. The number of hydrogen-bond donors (Lipinski definition) is 1. The Morgan fingerprint density at radius 1 is 1.44 bits per heavy atom. The molecular formula is C12H20ClN3. The van der Waals surface area contributed by atoms with Crippen LogP contribution in [-0.4, -0.2) is 35.6 Å². The van der Waals surface area contributed by atoms with E-state index in [0.717, 1.165) is 25.5 Å². The highest BCUT2D eigenvalue weighted by Gasteiger charge is 2.09. The first kappa shape index (κ1) is 13.3. The van der Waals surface area contributed by atoms with E-state index in [9.17, 15) is 0 Å². The molecule has 4 heteroatoms. The maximum absolute atomic E-state index is 6.03. The number of nitrogens with zero attached hydrogens (tertiary/aromatic N) is 2. The number of pyridine rings is 1. The molecule has 0 bridgehead atoms. The van der Waals surface area contributed by atoms with E-state index >= 15 is 0 Å². The zero-order chi connectivity index (χ0) is 12.0. The van der Waals surface area contributed by atoms with Crippen LogP contribution in [0.1, 0.15) is 20.8 Å². The second-order valence-electron chi connectivity index (χ2n) is 3.87. The molecule has 1 atom stereocenters. The Kier molecular flexibility index (Phi) is 5.56. The number of nitrogens with one attached hydrogen (secondary N) is 1. The Balaban J connectivity index is 2.51. The maximum atomic E-state index is 6.03. The van der Waals surface area contributed by atoms with Crippen molar-refractivity contribution >= 4 is 17.4 Å². The van der Waals surface area contributed by atoms with Crippen molar-refractivity contribution in [2.24, 2.45) is 0 Å². The molecule has 0 saturated heterocycles. The van der Waals surface area contributed by atoms with Gasteiger partial charge in [-0.05, 0) is 32.1 Å². The second-order valence-corrected chi connectivity index (χ2v) is 4.27. The zero-order valence-corrected chi connectivity index (χ0v) is 11.0. The molecule has 0 radical (unpaired) electrons. The third-order valence-electron chi connectivity index (χ3n) is 2.57. The smallest absolute Gasteiger partial charge is 0.144 e.